The Balaban J connectivity index is 3.02. The number of aromatic carboxylic acids is 1. The van der Waals surface area contributed by atoms with E-state index in [1.54, 1.807) is 12.1 Å². The van der Waals surface area contributed by atoms with Crippen LogP contribution in [0.5, 0.6) is 5.75 Å². The average molecular weight is 216 g/mol. The van der Waals surface area contributed by atoms with Crippen LogP contribution < -0.4 is 10.5 Å². The molecule has 3 N–H and O–H groups in total. The highest BCUT2D eigenvalue weighted by molar-refractivity contribution is 6.18. The van der Waals surface area contributed by atoms with Crippen LogP contribution in [0, 0.1) is 0 Å². The molecule has 0 radical (unpaired) electrons. The van der Waals surface area contributed by atoms with Gasteiger partial charge in [0.2, 0.25) is 0 Å². The van der Waals surface area contributed by atoms with Crippen LogP contribution in [0.25, 0.3) is 0 Å². The summed E-state index contributed by atoms with van der Waals surface area (Å²) in [5.41, 5.74) is 5.67. The van der Waals surface area contributed by atoms with Crippen molar-refractivity contribution in [1.29, 1.82) is 0 Å². The lowest BCUT2D eigenvalue weighted by Crippen LogP contribution is -2.08. The van der Waals surface area contributed by atoms with Crippen molar-refractivity contribution < 1.29 is 14.6 Å². The van der Waals surface area contributed by atoms with Gasteiger partial charge in [-0.05, 0) is 12.1 Å². The standard InChI is InChI=1S/C9H10ClNO3/c10-4-5-14-7-3-1-2-6(11)8(7)9(12)13/h1-3H,4-5,11H2,(H,12,13). The van der Waals surface area contributed by atoms with Crippen molar-refractivity contribution >= 4 is 23.3 Å². The smallest absolute Gasteiger partial charge is 0.341 e. The van der Waals surface area contributed by atoms with Crippen LogP contribution in [-0.2, 0) is 0 Å². The van der Waals surface area contributed by atoms with Gasteiger partial charge >= 0.3 is 5.97 Å². The first-order chi connectivity index (χ1) is 6.66. The second kappa shape index (κ2) is 4.72. The van der Waals surface area contributed by atoms with Crippen LogP contribution in [0.15, 0.2) is 18.2 Å². The summed E-state index contributed by atoms with van der Waals surface area (Å²) < 4.78 is 5.14. The molecule has 1 rings (SSSR count). The second-order valence-corrected chi connectivity index (χ2v) is 2.94. The molecule has 0 unspecified atom stereocenters. The van der Waals surface area contributed by atoms with Gasteiger partial charge in [-0.3, -0.25) is 0 Å². The number of carboxylic acids is 1. The van der Waals surface area contributed by atoms with Gasteiger partial charge in [0.1, 0.15) is 17.9 Å². The summed E-state index contributed by atoms with van der Waals surface area (Å²) in [6, 6.07) is 4.69. The molecule has 0 bridgehead atoms. The van der Waals surface area contributed by atoms with Crippen LogP contribution in [0.4, 0.5) is 5.69 Å². The lowest BCUT2D eigenvalue weighted by Gasteiger charge is -2.08. The molecule has 1 aromatic carbocycles. The average Bonchev–Trinajstić information content (AvgIpc) is 2.14. The number of hydrogen-bond acceptors (Lipinski definition) is 3. The first-order valence-electron chi connectivity index (χ1n) is 3.97. The summed E-state index contributed by atoms with van der Waals surface area (Å²) in [6.07, 6.45) is 0. The van der Waals surface area contributed by atoms with Gasteiger partial charge in [0.15, 0.2) is 0 Å². The highest BCUT2D eigenvalue weighted by atomic mass is 35.5. The van der Waals surface area contributed by atoms with E-state index in [9.17, 15) is 4.79 Å². The van der Waals surface area contributed by atoms with E-state index in [1.807, 2.05) is 0 Å². The molecule has 0 aliphatic heterocycles. The maximum Gasteiger partial charge on any atom is 0.341 e. The molecule has 0 saturated carbocycles. The van der Waals surface area contributed by atoms with E-state index in [0.29, 0.717) is 5.88 Å². The van der Waals surface area contributed by atoms with Crippen LogP contribution in [0.2, 0.25) is 0 Å². The minimum absolute atomic E-state index is 0.0161. The van der Waals surface area contributed by atoms with Gasteiger partial charge in [-0.25, -0.2) is 4.79 Å². The fraction of sp³-hybridized carbons (Fsp3) is 0.222. The number of carboxylic acid groups (broad SMARTS) is 1. The molecule has 0 atom stereocenters. The predicted molar refractivity (Wildman–Crippen MR) is 54.0 cm³/mol. The number of anilines is 1. The number of nitrogen functional groups attached to an aromatic ring is 1. The number of ether oxygens (including phenoxy) is 1. The number of halogens is 1. The van der Waals surface area contributed by atoms with Crippen molar-refractivity contribution in [2.75, 3.05) is 18.2 Å². The number of benzene rings is 1. The van der Waals surface area contributed by atoms with E-state index in [-0.39, 0.29) is 23.6 Å². The van der Waals surface area contributed by atoms with Gasteiger partial charge < -0.3 is 15.6 Å². The molecule has 0 amide bonds. The molecule has 0 spiro atoms. The van der Waals surface area contributed by atoms with E-state index in [2.05, 4.69) is 0 Å². The van der Waals surface area contributed by atoms with E-state index >= 15 is 0 Å². The number of hydrogen-bond donors (Lipinski definition) is 2. The van der Waals surface area contributed by atoms with Gasteiger partial charge in [0, 0.05) is 5.69 Å². The zero-order valence-electron chi connectivity index (χ0n) is 7.37. The SMILES string of the molecule is Nc1cccc(OCCCl)c1C(=O)O. The van der Waals surface area contributed by atoms with Crippen molar-refractivity contribution in [1.82, 2.24) is 0 Å². The summed E-state index contributed by atoms with van der Waals surface area (Å²) in [7, 11) is 0. The Kier molecular flexibility index (Phi) is 3.59. The third-order valence-corrected chi connectivity index (χ3v) is 1.76. The Hall–Kier alpha value is -1.42. The molecule has 14 heavy (non-hydrogen) atoms. The molecule has 5 heteroatoms. The van der Waals surface area contributed by atoms with Gasteiger partial charge in [-0.15, -0.1) is 11.6 Å². The first kappa shape index (κ1) is 10.7. The zero-order valence-corrected chi connectivity index (χ0v) is 8.12. The third-order valence-electron chi connectivity index (χ3n) is 1.61. The van der Waals surface area contributed by atoms with Crippen molar-refractivity contribution in [3.63, 3.8) is 0 Å². The normalized spacial score (nSPS) is 9.79. The zero-order chi connectivity index (χ0) is 10.6. The van der Waals surface area contributed by atoms with Crippen LogP contribution >= 0.6 is 11.6 Å². The van der Waals surface area contributed by atoms with E-state index in [1.165, 1.54) is 6.07 Å². The van der Waals surface area contributed by atoms with E-state index in [0.717, 1.165) is 0 Å². The molecular formula is C9H10ClNO3. The molecule has 4 nitrogen and oxygen atoms in total. The van der Waals surface area contributed by atoms with Crippen molar-refractivity contribution in [2.24, 2.45) is 0 Å². The lowest BCUT2D eigenvalue weighted by molar-refractivity contribution is 0.0694. The number of rotatable bonds is 4. The number of nitrogens with two attached hydrogens (primary N) is 1. The minimum atomic E-state index is -1.10. The summed E-state index contributed by atoms with van der Waals surface area (Å²) in [5, 5.41) is 8.85. The second-order valence-electron chi connectivity index (χ2n) is 2.56. The van der Waals surface area contributed by atoms with Gasteiger partial charge in [-0.1, -0.05) is 6.07 Å². The summed E-state index contributed by atoms with van der Waals surface area (Å²) in [4.78, 5) is 10.8. The number of carbonyl (C=O) groups is 1. The molecule has 76 valence electrons. The third kappa shape index (κ3) is 2.29. The quantitative estimate of drug-likeness (QED) is 0.591. The Labute approximate surface area is 86.2 Å². The molecule has 0 saturated heterocycles. The highest BCUT2D eigenvalue weighted by Crippen LogP contribution is 2.24. The maximum absolute atomic E-state index is 10.8. The van der Waals surface area contributed by atoms with Crippen LogP contribution in [0.3, 0.4) is 0 Å². The summed E-state index contributed by atoms with van der Waals surface area (Å²) in [5.74, 6) is -0.556. The van der Waals surface area contributed by atoms with Gasteiger partial charge in [0.05, 0.1) is 5.88 Å². The molecule has 0 fully saturated rings. The summed E-state index contributed by atoms with van der Waals surface area (Å²) in [6.45, 7) is 0.255. The summed E-state index contributed by atoms with van der Waals surface area (Å²) >= 11 is 5.42. The van der Waals surface area contributed by atoms with Gasteiger partial charge in [0.25, 0.3) is 0 Å². The molecule has 0 aliphatic carbocycles. The molecule has 1 aromatic rings. The fourth-order valence-corrected chi connectivity index (χ4v) is 1.12. The van der Waals surface area contributed by atoms with Crippen LogP contribution in [0.1, 0.15) is 10.4 Å². The van der Waals surface area contributed by atoms with Crippen LogP contribution in [-0.4, -0.2) is 23.6 Å². The Morgan fingerprint density at radius 1 is 1.57 bits per heavy atom. The van der Waals surface area contributed by atoms with E-state index < -0.39 is 5.97 Å². The number of alkyl halides is 1. The van der Waals surface area contributed by atoms with Crippen molar-refractivity contribution in [3.8, 4) is 5.75 Å². The van der Waals surface area contributed by atoms with Gasteiger partial charge in [-0.2, -0.15) is 0 Å². The minimum Gasteiger partial charge on any atom is -0.491 e. The monoisotopic (exact) mass is 215 g/mol. The van der Waals surface area contributed by atoms with Crippen molar-refractivity contribution in [2.45, 2.75) is 0 Å². The molecule has 0 aliphatic rings. The largest absolute Gasteiger partial charge is 0.491 e. The fourth-order valence-electron chi connectivity index (χ4n) is 1.05. The molecular weight excluding hydrogens is 206 g/mol. The van der Waals surface area contributed by atoms with Crippen molar-refractivity contribution in [3.05, 3.63) is 23.8 Å². The molecule has 0 aromatic heterocycles. The highest BCUT2D eigenvalue weighted by Gasteiger charge is 2.14. The molecule has 0 heterocycles. The topological polar surface area (TPSA) is 72.5 Å². The Morgan fingerprint density at radius 2 is 2.29 bits per heavy atom. The maximum atomic E-state index is 10.8. The lowest BCUT2D eigenvalue weighted by atomic mass is 10.1. The predicted octanol–water partition coefficient (Wildman–Crippen LogP) is 1.58. The van der Waals surface area contributed by atoms with E-state index in [4.69, 9.17) is 27.2 Å². The Morgan fingerprint density at radius 3 is 2.86 bits per heavy atom. The first-order valence-corrected chi connectivity index (χ1v) is 4.51. The Bertz CT molecular complexity index is 341.